The van der Waals surface area contributed by atoms with E-state index >= 15 is 0 Å². The Bertz CT molecular complexity index is 1540. The fourth-order valence-electron chi connectivity index (χ4n) is 4.78. The van der Waals surface area contributed by atoms with Crippen LogP contribution in [0.4, 0.5) is 0 Å². The van der Waals surface area contributed by atoms with Gasteiger partial charge in [0.1, 0.15) is 12.0 Å². The van der Waals surface area contributed by atoms with E-state index in [9.17, 15) is 0 Å². The van der Waals surface area contributed by atoms with E-state index in [4.69, 9.17) is 9.98 Å². The van der Waals surface area contributed by atoms with Crippen molar-refractivity contribution < 1.29 is 0 Å². The van der Waals surface area contributed by atoms with Gasteiger partial charge in [0.25, 0.3) is 0 Å². The molecule has 186 valence electrons. The summed E-state index contributed by atoms with van der Waals surface area (Å²) < 4.78 is 0. The summed E-state index contributed by atoms with van der Waals surface area (Å²) in [4.78, 5) is 12.3. The van der Waals surface area contributed by atoms with E-state index in [-0.39, 0.29) is 6.17 Å². The number of allylic oxidation sites excluding steroid dienone is 3. The van der Waals surface area contributed by atoms with Gasteiger partial charge in [-0.05, 0) is 40.8 Å². The van der Waals surface area contributed by atoms with E-state index < -0.39 is 0 Å². The Labute approximate surface area is 224 Å². The number of hydrogen-bond acceptors (Lipinski definition) is 4. The van der Waals surface area contributed by atoms with Crippen molar-refractivity contribution in [3.05, 3.63) is 149 Å². The van der Waals surface area contributed by atoms with Gasteiger partial charge in [-0.25, -0.2) is 9.98 Å². The second-order valence-corrected chi connectivity index (χ2v) is 9.75. The number of nitrogens with zero attached hydrogens (tertiary/aromatic N) is 3. The molecule has 0 saturated carbocycles. The van der Waals surface area contributed by atoms with Crippen LogP contribution in [-0.2, 0) is 0 Å². The summed E-state index contributed by atoms with van der Waals surface area (Å²) in [5, 5.41) is 3.57. The molecule has 2 heterocycles. The van der Waals surface area contributed by atoms with Gasteiger partial charge in [0.15, 0.2) is 5.84 Å². The molecule has 2 aliphatic heterocycles. The molecule has 1 N–H and O–H groups in total. The maximum Gasteiger partial charge on any atom is 0.159 e. The number of nitrogens with one attached hydrogen (secondary N) is 1. The predicted octanol–water partition coefficient (Wildman–Crippen LogP) is 7.08. The van der Waals surface area contributed by atoms with Gasteiger partial charge in [-0.2, -0.15) is 0 Å². The van der Waals surface area contributed by atoms with Crippen LogP contribution in [0.2, 0.25) is 0 Å². The molecule has 0 spiro atoms. The molecule has 0 aliphatic carbocycles. The molecule has 4 heteroatoms. The SMILES string of the molecule is CC1=CC=C(c2ccc(C3=NC(c4ccc(-c5ccccc5)cc4)=NC(c4ccccc4)N3)cc2)CN1C. The molecule has 0 aromatic heterocycles. The molecule has 0 fully saturated rings. The Morgan fingerprint density at radius 1 is 0.658 bits per heavy atom. The van der Waals surface area contributed by atoms with Gasteiger partial charge in [0, 0.05) is 30.4 Å². The number of aliphatic imine (C=N–C) groups is 2. The van der Waals surface area contributed by atoms with E-state index in [1.54, 1.807) is 0 Å². The van der Waals surface area contributed by atoms with E-state index in [0.717, 1.165) is 34.9 Å². The summed E-state index contributed by atoms with van der Waals surface area (Å²) in [6, 6.07) is 37.9. The first-order chi connectivity index (χ1) is 18.6. The van der Waals surface area contributed by atoms with Crippen molar-refractivity contribution in [2.45, 2.75) is 13.1 Å². The van der Waals surface area contributed by atoms with Crippen molar-refractivity contribution >= 4 is 17.2 Å². The summed E-state index contributed by atoms with van der Waals surface area (Å²) in [5.41, 5.74) is 9.34. The molecule has 1 unspecified atom stereocenters. The van der Waals surface area contributed by atoms with Crippen LogP contribution in [0.3, 0.4) is 0 Å². The Morgan fingerprint density at radius 3 is 1.92 bits per heavy atom. The molecule has 4 aromatic rings. The molecule has 4 aromatic carbocycles. The van der Waals surface area contributed by atoms with Crippen LogP contribution in [0.25, 0.3) is 16.7 Å². The van der Waals surface area contributed by atoms with E-state index in [0.29, 0.717) is 0 Å². The van der Waals surface area contributed by atoms with E-state index in [2.05, 4.69) is 121 Å². The molecule has 6 rings (SSSR count). The standard InChI is InChI=1S/C34H30N4/c1-24-13-14-31(23-38(24)2)27-17-21-30(22-18-27)34-36-32(28-11-7-4-8-12-28)35-33(37-34)29-19-15-26(16-20-29)25-9-5-3-6-10-25/h3-22,32H,23H2,1-2H3,(H,35,36,37). The summed E-state index contributed by atoms with van der Waals surface area (Å²) in [7, 11) is 2.13. The molecular formula is C34H30N4. The fraction of sp³-hybridized carbons (Fsp3) is 0.118. The zero-order valence-corrected chi connectivity index (χ0v) is 21.7. The van der Waals surface area contributed by atoms with Crippen molar-refractivity contribution in [2.75, 3.05) is 13.6 Å². The van der Waals surface area contributed by atoms with Crippen molar-refractivity contribution in [1.82, 2.24) is 10.2 Å². The third kappa shape index (κ3) is 4.94. The molecule has 0 radical (unpaired) electrons. The lowest BCUT2D eigenvalue weighted by Crippen LogP contribution is -2.33. The van der Waals surface area contributed by atoms with Crippen molar-refractivity contribution in [2.24, 2.45) is 9.98 Å². The van der Waals surface area contributed by atoms with Gasteiger partial charge in [-0.3, -0.25) is 0 Å². The van der Waals surface area contributed by atoms with Gasteiger partial charge in [0.05, 0.1) is 0 Å². The number of rotatable bonds is 5. The first kappa shape index (κ1) is 23.7. The number of amidine groups is 2. The smallest absolute Gasteiger partial charge is 0.159 e. The topological polar surface area (TPSA) is 40.0 Å². The minimum atomic E-state index is -0.213. The van der Waals surface area contributed by atoms with Gasteiger partial charge in [-0.1, -0.05) is 115 Å². The minimum Gasteiger partial charge on any atom is -0.374 e. The van der Waals surface area contributed by atoms with Gasteiger partial charge in [-0.15, -0.1) is 0 Å². The third-order valence-electron chi connectivity index (χ3n) is 7.17. The highest BCUT2D eigenvalue weighted by molar-refractivity contribution is 6.13. The zero-order chi connectivity index (χ0) is 25.9. The predicted molar refractivity (Wildman–Crippen MR) is 158 cm³/mol. The normalized spacial score (nSPS) is 17.1. The van der Waals surface area contributed by atoms with Crippen LogP contribution in [0, 0.1) is 0 Å². The lowest BCUT2D eigenvalue weighted by Gasteiger charge is -2.26. The largest absolute Gasteiger partial charge is 0.374 e. The Morgan fingerprint density at radius 2 is 1.24 bits per heavy atom. The zero-order valence-electron chi connectivity index (χ0n) is 21.7. The van der Waals surface area contributed by atoms with Crippen LogP contribution in [0.5, 0.6) is 0 Å². The molecule has 1 atom stereocenters. The average Bonchev–Trinajstić information content (AvgIpc) is 2.99. The molecule has 2 aliphatic rings. The third-order valence-corrected chi connectivity index (χ3v) is 7.17. The molecular weight excluding hydrogens is 464 g/mol. The second kappa shape index (κ2) is 10.3. The summed E-state index contributed by atoms with van der Waals surface area (Å²) in [6.45, 7) is 3.05. The van der Waals surface area contributed by atoms with E-state index in [1.165, 1.54) is 28.0 Å². The number of likely N-dealkylation sites (N-methyl/N-ethyl adjacent to an activating group) is 1. The highest BCUT2D eigenvalue weighted by Crippen LogP contribution is 2.26. The minimum absolute atomic E-state index is 0.213. The molecule has 38 heavy (non-hydrogen) atoms. The van der Waals surface area contributed by atoms with Crippen LogP contribution >= 0.6 is 0 Å². The lowest BCUT2D eigenvalue weighted by molar-refractivity contribution is 0.467. The van der Waals surface area contributed by atoms with E-state index in [1.807, 2.05) is 24.3 Å². The second-order valence-electron chi connectivity index (χ2n) is 9.75. The summed E-state index contributed by atoms with van der Waals surface area (Å²) in [5.74, 6) is 1.56. The lowest BCUT2D eigenvalue weighted by atomic mass is 10.00. The van der Waals surface area contributed by atoms with Crippen LogP contribution in [0.1, 0.15) is 35.3 Å². The maximum atomic E-state index is 5.00. The first-order valence-corrected chi connectivity index (χ1v) is 13.0. The van der Waals surface area contributed by atoms with Crippen LogP contribution in [-0.4, -0.2) is 30.2 Å². The molecule has 0 amide bonds. The Hall–Kier alpha value is -4.70. The maximum absolute atomic E-state index is 5.00. The van der Waals surface area contributed by atoms with Crippen molar-refractivity contribution in [1.29, 1.82) is 0 Å². The quantitative estimate of drug-likeness (QED) is 0.322. The molecule has 4 nitrogen and oxygen atoms in total. The number of hydrogen-bond donors (Lipinski definition) is 1. The van der Waals surface area contributed by atoms with Gasteiger partial charge < -0.3 is 10.2 Å². The number of benzene rings is 4. The highest BCUT2D eigenvalue weighted by Gasteiger charge is 2.21. The average molecular weight is 495 g/mol. The highest BCUT2D eigenvalue weighted by atomic mass is 15.2. The Balaban J connectivity index is 1.33. The Kier molecular flexibility index (Phi) is 6.45. The molecule has 0 bridgehead atoms. The summed E-state index contributed by atoms with van der Waals surface area (Å²) >= 11 is 0. The van der Waals surface area contributed by atoms with Gasteiger partial charge in [0.2, 0.25) is 0 Å². The first-order valence-electron chi connectivity index (χ1n) is 13.0. The van der Waals surface area contributed by atoms with Crippen molar-refractivity contribution in [3.8, 4) is 11.1 Å². The van der Waals surface area contributed by atoms with Gasteiger partial charge >= 0.3 is 0 Å². The summed E-state index contributed by atoms with van der Waals surface area (Å²) in [6.07, 6.45) is 4.18. The van der Waals surface area contributed by atoms with Crippen molar-refractivity contribution in [3.63, 3.8) is 0 Å². The van der Waals surface area contributed by atoms with Crippen LogP contribution < -0.4 is 5.32 Å². The monoisotopic (exact) mass is 494 g/mol. The van der Waals surface area contributed by atoms with Crippen LogP contribution in [0.15, 0.2) is 137 Å². The molecule has 0 saturated heterocycles. The fourth-order valence-corrected chi connectivity index (χ4v) is 4.78.